The first-order chi connectivity index (χ1) is 9.92. The van der Waals surface area contributed by atoms with Crippen molar-refractivity contribution >= 4 is 33.3 Å². The lowest BCUT2D eigenvalue weighted by Gasteiger charge is -2.09. The molecule has 1 amide bonds. The Morgan fingerprint density at radius 2 is 2.24 bits per heavy atom. The van der Waals surface area contributed by atoms with Crippen LogP contribution in [0.15, 0.2) is 16.7 Å². The molecule has 7 heteroatoms. The first-order valence-electron chi connectivity index (χ1n) is 6.76. The fourth-order valence-corrected chi connectivity index (χ4v) is 2.79. The Kier molecular flexibility index (Phi) is 4.84. The summed E-state index contributed by atoms with van der Waals surface area (Å²) in [4.78, 5) is 15.8. The number of anilines is 1. The summed E-state index contributed by atoms with van der Waals surface area (Å²) in [5.41, 5.74) is 4.54. The Morgan fingerprint density at radius 1 is 1.52 bits per heavy atom. The van der Waals surface area contributed by atoms with Crippen LogP contribution in [0.4, 0.5) is 5.82 Å². The van der Waals surface area contributed by atoms with Crippen LogP contribution in [0.1, 0.15) is 25.1 Å². The molecule has 114 valence electrons. The predicted molar refractivity (Wildman–Crippen MR) is 84.6 cm³/mol. The SMILES string of the molecule is Cc1cc(Br)cn2c(CC(C)C)c(NCC(=O)NO)nc12. The molecule has 2 heterocycles. The van der Waals surface area contributed by atoms with Crippen LogP contribution in [0.2, 0.25) is 0 Å². The second kappa shape index (κ2) is 6.44. The summed E-state index contributed by atoms with van der Waals surface area (Å²) in [5.74, 6) is 0.630. The molecule has 0 saturated carbocycles. The molecule has 0 aliphatic carbocycles. The number of hydrogen-bond donors (Lipinski definition) is 3. The van der Waals surface area contributed by atoms with E-state index >= 15 is 0 Å². The average molecular weight is 355 g/mol. The maximum atomic E-state index is 11.2. The number of halogens is 1. The third-order valence-corrected chi connectivity index (χ3v) is 3.55. The van der Waals surface area contributed by atoms with Crippen molar-refractivity contribution in [2.75, 3.05) is 11.9 Å². The molecule has 0 fully saturated rings. The third-order valence-electron chi connectivity index (χ3n) is 3.11. The molecule has 0 aliphatic rings. The second-order valence-corrected chi connectivity index (χ2v) is 6.34. The van der Waals surface area contributed by atoms with Crippen molar-refractivity contribution in [1.82, 2.24) is 14.9 Å². The highest BCUT2D eigenvalue weighted by molar-refractivity contribution is 9.10. The number of fused-ring (bicyclic) bond motifs is 1. The predicted octanol–water partition coefficient (Wildman–Crippen LogP) is 2.52. The molecule has 3 N–H and O–H groups in total. The Labute approximate surface area is 131 Å². The molecule has 21 heavy (non-hydrogen) atoms. The number of imidazole rings is 1. The van der Waals surface area contributed by atoms with Crippen LogP contribution >= 0.6 is 15.9 Å². The normalized spacial score (nSPS) is 11.1. The van der Waals surface area contributed by atoms with Gasteiger partial charge in [-0.3, -0.25) is 10.0 Å². The van der Waals surface area contributed by atoms with Crippen LogP contribution in [0.25, 0.3) is 5.65 Å². The second-order valence-electron chi connectivity index (χ2n) is 5.43. The number of nitrogens with one attached hydrogen (secondary N) is 2. The topological polar surface area (TPSA) is 78.7 Å². The van der Waals surface area contributed by atoms with Gasteiger partial charge in [0, 0.05) is 10.7 Å². The fourth-order valence-electron chi connectivity index (χ4n) is 2.24. The summed E-state index contributed by atoms with van der Waals surface area (Å²) < 4.78 is 3.02. The lowest BCUT2D eigenvalue weighted by Crippen LogP contribution is -2.27. The average Bonchev–Trinajstić information content (AvgIpc) is 2.74. The Balaban J connectivity index is 2.47. The van der Waals surface area contributed by atoms with Gasteiger partial charge < -0.3 is 9.72 Å². The van der Waals surface area contributed by atoms with Gasteiger partial charge in [-0.15, -0.1) is 0 Å². The molecule has 2 aromatic rings. The van der Waals surface area contributed by atoms with Crippen molar-refractivity contribution in [3.05, 3.63) is 28.0 Å². The number of hydroxylamine groups is 1. The number of rotatable bonds is 5. The van der Waals surface area contributed by atoms with E-state index in [9.17, 15) is 4.79 Å². The van der Waals surface area contributed by atoms with Crippen molar-refractivity contribution < 1.29 is 10.0 Å². The van der Waals surface area contributed by atoms with Crippen molar-refractivity contribution in [2.45, 2.75) is 27.2 Å². The van der Waals surface area contributed by atoms with E-state index < -0.39 is 5.91 Å². The largest absolute Gasteiger partial charge is 0.359 e. The summed E-state index contributed by atoms with van der Waals surface area (Å²) in [5, 5.41) is 11.6. The van der Waals surface area contributed by atoms with E-state index in [1.54, 1.807) is 5.48 Å². The quantitative estimate of drug-likeness (QED) is 0.569. The smallest absolute Gasteiger partial charge is 0.262 e. The highest BCUT2D eigenvalue weighted by Crippen LogP contribution is 2.25. The zero-order valence-electron chi connectivity index (χ0n) is 12.3. The number of amides is 1. The first kappa shape index (κ1) is 15.8. The number of nitrogens with zero attached hydrogens (tertiary/aromatic N) is 2. The molecule has 0 aromatic carbocycles. The highest BCUT2D eigenvalue weighted by Gasteiger charge is 2.16. The van der Waals surface area contributed by atoms with E-state index in [1.165, 1.54) is 0 Å². The van der Waals surface area contributed by atoms with Crippen molar-refractivity contribution in [3.8, 4) is 0 Å². The Hall–Kier alpha value is -1.60. The number of hydrogen-bond acceptors (Lipinski definition) is 4. The van der Waals surface area contributed by atoms with Gasteiger partial charge in [0.15, 0.2) is 0 Å². The minimum absolute atomic E-state index is 0.0221. The number of carbonyl (C=O) groups is 1. The minimum atomic E-state index is -0.500. The molecule has 0 atom stereocenters. The fraction of sp³-hybridized carbons (Fsp3) is 0.429. The number of pyridine rings is 1. The zero-order chi connectivity index (χ0) is 15.6. The lowest BCUT2D eigenvalue weighted by molar-refractivity contribution is -0.127. The van der Waals surface area contributed by atoms with Gasteiger partial charge in [0.25, 0.3) is 5.91 Å². The summed E-state index contributed by atoms with van der Waals surface area (Å²) in [7, 11) is 0. The molecule has 0 unspecified atom stereocenters. The van der Waals surface area contributed by atoms with Crippen LogP contribution in [-0.4, -0.2) is 27.0 Å². The Bertz CT molecular complexity index is 667. The minimum Gasteiger partial charge on any atom is -0.359 e. The van der Waals surface area contributed by atoms with Gasteiger partial charge in [-0.1, -0.05) is 13.8 Å². The van der Waals surface area contributed by atoms with Gasteiger partial charge in [0.05, 0.1) is 12.2 Å². The monoisotopic (exact) mass is 354 g/mol. The van der Waals surface area contributed by atoms with E-state index in [2.05, 4.69) is 40.1 Å². The van der Waals surface area contributed by atoms with E-state index in [-0.39, 0.29) is 6.54 Å². The van der Waals surface area contributed by atoms with E-state index in [0.717, 1.165) is 27.8 Å². The van der Waals surface area contributed by atoms with Gasteiger partial charge in [-0.2, -0.15) is 0 Å². The number of aromatic nitrogens is 2. The third kappa shape index (κ3) is 3.54. The molecular weight excluding hydrogens is 336 g/mol. The molecule has 0 bridgehead atoms. The molecular formula is C14H19BrN4O2. The van der Waals surface area contributed by atoms with Gasteiger partial charge in [-0.05, 0) is 46.8 Å². The lowest BCUT2D eigenvalue weighted by atomic mass is 10.1. The van der Waals surface area contributed by atoms with Gasteiger partial charge in [-0.25, -0.2) is 10.5 Å². The number of carbonyl (C=O) groups excluding carboxylic acids is 1. The van der Waals surface area contributed by atoms with Gasteiger partial charge >= 0.3 is 0 Å². The molecule has 0 aliphatic heterocycles. The van der Waals surface area contributed by atoms with Gasteiger partial charge in [0.1, 0.15) is 11.5 Å². The molecule has 0 saturated heterocycles. The summed E-state index contributed by atoms with van der Waals surface area (Å²) >= 11 is 3.50. The zero-order valence-corrected chi connectivity index (χ0v) is 13.9. The van der Waals surface area contributed by atoms with Crippen molar-refractivity contribution in [2.24, 2.45) is 5.92 Å². The maximum Gasteiger partial charge on any atom is 0.262 e. The van der Waals surface area contributed by atoms with Gasteiger partial charge in [0.2, 0.25) is 0 Å². The molecule has 0 spiro atoms. The maximum absolute atomic E-state index is 11.2. The summed E-state index contributed by atoms with van der Waals surface area (Å²) in [6.45, 7) is 6.24. The number of aryl methyl sites for hydroxylation is 1. The molecule has 0 radical (unpaired) electrons. The van der Waals surface area contributed by atoms with Crippen LogP contribution in [0.3, 0.4) is 0 Å². The summed E-state index contributed by atoms with van der Waals surface area (Å²) in [6.07, 6.45) is 2.81. The molecule has 2 aromatic heterocycles. The van der Waals surface area contributed by atoms with Crippen molar-refractivity contribution in [1.29, 1.82) is 0 Å². The van der Waals surface area contributed by atoms with Crippen LogP contribution < -0.4 is 10.8 Å². The Morgan fingerprint density at radius 3 is 2.86 bits per heavy atom. The highest BCUT2D eigenvalue weighted by atomic mass is 79.9. The van der Waals surface area contributed by atoms with Crippen LogP contribution in [0.5, 0.6) is 0 Å². The van der Waals surface area contributed by atoms with Crippen LogP contribution in [-0.2, 0) is 11.2 Å². The van der Waals surface area contributed by atoms with E-state index in [4.69, 9.17) is 5.21 Å². The molecule has 6 nitrogen and oxygen atoms in total. The molecule has 2 rings (SSSR count). The van der Waals surface area contributed by atoms with Crippen LogP contribution in [0, 0.1) is 12.8 Å². The summed E-state index contributed by atoms with van der Waals surface area (Å²) in [6, 6.07) is 2.01. The first-order valence-corrected chi connectivity index (χ1v) is 7.55. The standard InChI is InChI=1S/C14H19BrN4O2/c1-8(2)4-11-13(16-6-12(20)18-21)17-14-9(3)5-10(15)7-19(11)14/h5,7-8,16,21H,4,6H2,1-3H3,(H,18,20). The van der Waals surface area contributed by atoms with E-state index in [1.807, 2.05) is 23.6 Å². The van der Waals surface area contributed by atoms with Crippen molar-refractivity contribution in [3.63, 3.8) is 0 Å². The van der Waals surface area contributed by atoms with E-state index in [0.29, 0.717) is 11.7 Å².